The first-order valence-electron chi connectivity index (χ1n) is 13.5. The second-order valence-corrected chi connectivity index (χ2v) is 11.2. The summed E-state index contributed by atoms with van der Waals surface area (Å²) in [4.78, 5) is 18.6. The van der Waals surface area contributed by atoms with E-state index in [9.17, 15) is 31.1 Å². The molecule has 5 rings (SSSR count). The van der Waals surface area contributed by atoms with Gasteiger partial charge in [0.2, 0.25) is 0 Å². The van der Waals surface area contributed by atoms with Gasteiger partial charge in [-0.2, -0.15) is 26.3 Å². The highest BCUT2D eigenvalue weighted by Gasteiger charge is 2.32. The average molecular weight is 760 g/mol. The van der Waals surface area contributed by atoms with Gasteiger partial charge in [-0.3, -0.25) is 4.79 Å². The molecule has 0 amide bonds. The number of imidazole rings is 1. The number of nitrogens with zero attached hydrogens (tertiary/aromatic N) is 1. The van der Waals surface area contributed by atoms with Crippen molar-refractivity contribution in [2.75, 3.05) is 5.33 Å². The van der Waals surface area contributed by atoms with Gasteiger partial charge >= 0.3 is 12.4 Å². The van der Waals surface area contributed by atoms with Crippen LogP contribution in [0.2, 0.25) is 10.0 Å². The molecule has 1 aromatic heterocycles. The average Bonchev–Trinajstić information content (AvgIpc) is 3.58. The molecule has 0 fully saturated rings. The number of H-pyrrole nitrogens is 1. The van der Waals surface area contributed by atoms with Crippen molar-refractivity contribution in [1.29, 1.82) is 0 Å². The zero-order chi connectivity index (χ0) is 34.2. The fraction of sp³-hybridized carbons (Fsp3) is 0.152. The quantitative estimate of drug-likeness (QED) is 0.0923. The van der Waals surface area contributed by atoms with E-state index in [-0.39, 0.29) is 45.9 Å². The molecule has 0 aliphatic heterocycles. The van der Waals surface area contributed by atoms with Crippen molar-refractivity contribution in [2.45, 2.75) is 25.6 Å². The predicted molar refractivity (Wildman–Crippen MR) is 170 cm³/mol. The van der Waals surface area contributed by atoms with Crippen LogP contribution in [0.1, 0.15) is 32.6 Å². The van der Waals surface area contributed by atoms with Crippen LogP contribution in [0, 0.1) is 0 Å². The number of hydrogen-bond donors (Lipinski definition) is 1. The number of carbonyl (C=O) groups is 1. The summed E-state index contributed by atoms with van der Waals surface area (Å²) in [6, 6.07) is 20.3. The lowest BCUT2D eigenvalue weighted by Crippen LogP contribution is -2.05. The Labute approximate surface area is 283 Å². The van der Waals surface area contributed by atoms with Crippen molar-refractivity contribution in [3.63, 3.8) is 0 Å². The second-order valence-electron chi connectivity index (χ2n) is 9.79. The largest absolute Gasteiger partial charge is 0.487 e. The number of ketones is 1. The highest BCUT2D eigenvalue weighted by molar-refractivity contribution is 9.09. The van der Waals surface area contributed by atoms with Gasteiger partial charge < -0.3 is 14.5 Å². The fourth-order valence-corrected chi connectivity index (χ4v) is 4.86. The highest BCUT2D eigenvalue weighted by atomic mass is 79.9. The molecule has 246 valence electrons. The number of hydrogen-bond acceptors (Lipinski definition) is 4. The minimum absolute atomic E-state index is 0.0700. The molecule has 0 saturated carbocycles. The van der Waals surface area contributed by atoms with Gasteiger partial charge in [0.05, 0.1) is 44.7 Å². The summed E-state index contributed by atoms with van der Waals surface area (Å²) >= 11 is 14.8. The van der Waals surface area contributed by atoms with E-state index in [2.05, 4.69) is 25.9 Å². The van der Waals surface area contributed by atoms with E-state index in [1.54, 1.807) is 36.8 Å². The van der Waals surface area contributed by atoms with Gasteiger partial charge in [0.1, 0.15) is 24.7 Å². The number of aromatic nitrogens is 2. The number of ether oxygens (including phenoxy) is 2. The van der Waals surface area contributed by atoms with Gasteiger partial charge in [-0.15, -0.1) is 0 Å². The summed E-state index contributed by atoms with van der Waals surface area (Å²) in [7, 11) is 0. The molecule has 0 atom stereocenters. The number of rotatable bonds is 9. The number of benzene rings is 4. The Morgan fingerprint density at radius 3 is 1.74 bits per heavy atom. The topological polar surface area (TPSA) is 64.2 Å². The molecule has 4 aromatic carbocycles. The third kappa shape index (κ3) is 10.2. The second kappa shape index (κ2) is 15.7. The number of aromatic amines is 1. The molecular weight excluding hydrogens is 737 g/mol. The molecule has 0 aliphatic carbocycles. The molecule has 0 saturated heterocycles. The van der Waals surface area contributed by atoms with Crippen molar-refractivity contribution in [2.24, 2.45) is 0 Å². The van der Waals surface area contributed by atoms with E-state index in [1.165, 1.54) is 12.1 Å². The van der Waals surface area contributed by atoms with Gasteiger partial charge in [-0.1, -0.05) is 75.5 Å². The Bertz CT molecular complexity index is 1820. The number of carbonyl (C=O) groups excluding carboxylic acids is 1. The van der Waals surface area contributed by atoms with Gasteiger partial charge in [0.25, 0.3) is 0 Å². The van der Waals surface area contributed by atoms with Gasteiger partial charge in [-0.25, -0.2) is 4.98 Å². The van der Waals surface area contributed by atoms with E-state index in [4.69, 9.17) is 32.7 Å². The molecule has 1 heterocycles. The fourth-order valence-electron chi connectivity index (χ4n) is 4.06. The van der Waals surface area contributed by atoms with Crippen molar-refractivity contribution >= 4 is 44.9 Å². The van der Waals surface area contributed by atoms with Crippen LogP contribution >= 0.6 is 39.1 Å². The first kappa shape index (κ1) is 35.8. The molecule has 0 unspecified atom stereocenters. The lowest BCUT2D eigenvalue weighted by atomic mass is 10.1. The normalized spacial score (nSPS) is 11.4. The van der Waals surface area contributed by atoms with Crippen LogP contribution in [0.25, 0.3) is 11.3 Å². The first-order chi connectivity index (χ1) is 22.2. The third-order valence-corrected chi connectivity index (χ3v) is 7.51. The smallest absolute Gasteiger partial charge is 0.416 e. The summed E-state index contributed by atoms with van der Waals surface area (Å²) in [5.41, 5.74) is 2.27. The molecule has 5 aromatic rings. The Morgan fingerprint density at radius 1 is 0.745 bits per heavy atom. The molecule has 1 N–H and O–H groups in total. The summed E-state index contributed by atoms with van der Waals surface area (Å²) in [5, 5.41) is 0.0178. The van der Waals surface area contributed by atoms with Crippen LogP contribution in [0.5, 0.6) is 11.5 Å². The van der Waals surface area contributed by atoms with E-state index >= 15 is 0 Å². The lowest BCUT2D eigenvalue weighted by molar-refractivity contribution is -0.138. The van der Waals surface area contributed by atoms with Gasteiger partial charge in [0, 0.05) is 5.56 Å². The zero-order valence-corrected chi connectivity index (χ0v) is 27.0. The third-order valence-electron chi connectivity index (χ3n) is 6.41. The molecule has 5 nitrogen and oxygen atoms in total. The van der Waals surface area contributed by atoms with E-state index in [0.29, 0.717) is 11.1 Å². The monoisotopic (exact) mass is 758 g/mol. The molecule has 47 heavy (non-hydrogen) atoms. The number of alkyl halides is 7. The van der Waals surface area contributed by atoms with E-state index < -0.39 is 23.5 Å². The molecular formula is C33H23BrCl2F6N2O3. The maximum Gasteiger partial charge on any atom is 0.416 e. The van der Waals surface area contributed by atoms with Crippen LogP contribution in [0.3, 0.4) is 0 Å². The van der Waals surface area contributed by atoms with E-state index in [1.807, 2.05) is 24.3 Å². The maximum absolute atomic E-state index is 12.6. The van der Waals surface area contributed by atoms with Crippen molar-refractivity contribution in [3.05, 3.63) is 135 Å². The van der Waals surface area contributed by atoms with Crippen LogP contribution in [0.15, 0.2) is 97.5 Å². The van der Waals surface area contributed by atoms with E-state index in [0.717, 1.165) is 41.1 Å². The predicted octanol–water partition coefficient (Wildman–Crippen LogP) is 10.8. The summed E-state index contributed by atoms with van der Waals surface area (Å²) in [6.07, 6.45) is -5.60. The minimum atomic E-state index is -4.45. The molecule has 0 radical (unpaired) electrons. The molecule has 0 bridgehead atoms. The minimum Gasteiger partial charge on any atom is -0.487 e. The Morgan fingerprint density at radius 2 is 1.28 bits per heavy atom. The maximum atomic E-state index is 12.6. The van der Waals surface area contributed by atoms with Gasteiger partial charge in [-0.05, 0) is 65.2 Å². The first-order valence-corrected chi connectivity index (χ1v) is 15.4. The standard InChI is InChI=1S/C17H12ClF3N2O.C16H11BrClF3O2/c18-14-7-13(17(19,20)21)4-5-16(14)24-9-11-2-1-3-12(6-11)15-8-22-10-23-15;17-8-14(22)11-3-1-2-10(6-11)9-23-15-5-4-12(7-13(15)18)16(19,20)21/h1-8,10H,9H2,(H,22,23);1-7H,8-9H2. The SMILES string of the molecule is FC(F)(F)c1ccc(OCc2cccc(-c3cnc[nH]3)c2)c(Cl)c1.O=C(CBr)c1cccc(COc2ccc(C(F)(F)F)cc2Cl)c1. The summed E-state index contributed by atoms with van der Waals surface area (Å²) < 4.78 is 86.5. The Hall–Kier alpha value is -4.00. The Kier molecular flexibility index (Phi) is 12.0. The number of halogens is 9. The van der Waals surface area contributed by atoms with Crippen molar-refractivity contribution < 1.29 is 40.6 Å². The lowest BCUT2D eigenvalue weighted by Gasteiger charge is -2.12. The molecule has 14 heteroatoms. The van der Waals surface area contributed by atoms with Gasteiger partial charge in [0.15, 0.2) is 5.78 Å². The van der Waals surface area contributed by atoms with Crippen LogP contribution in [0.4, 0.5) is 26.3 Å². The van der Waals surface area contributed by atoms with Crippen molar-refractivity contribution in [1.82, 2.24) is 9.97 Å². The number of nitrogens with one attached hydrogen (secondary N) is 1. The van der Waals surface area contributed by atoms with Crippen molar-refractivity contribution in [3.8, 4) is 22.8 Å². The molecule has 0 spiro atoms. The summed E-state index contributed by atoms with van der Waals surface area (Å²) in [5.74, 6) is 0.285. The number of Topliss-reactive ketones (excluding diaryl/α,β-unsaturated/α-hetero) is 1. The Balaban J connectivity index is 0.000000213. The van der Waals surface area contributed by atoms with Crippen LogP contribution in [-0.4, -0.2) is 21.1 Å². The molecule has 0 aliphatic rings. The highest BCUT2D eigenvalue weighted by Crippen LogP contribution is 2.36. The zero-order valence-electron chi connectivity index (χ0n) is 23.9. The summed E-state index contributed by atoms with van der Waals surface area (Å²) in [6.45, 7) is 0.279. The van der Waals surface area contributed by atoms with Crippen LogP contribution in [-0.2, 0) is 25.6 Å². The van der Waals surface area contributed by atoms with Crippen LogP contribution < -0.4 is 9.47 Å².